The number of furan rings is 1. The Labute approximate surface area is 205 Å². The second kappa shape index (κ2) is 8.92. The molecule has 0 saturated heterocycles. The third-order valence-electron chi connectivity index (χ3n) is 5.99. The zero-order valence-corrected chi connectivity index (χ0v) is 19.9. The molecule has 2 aromatic carbocycles. The van der Waals surface area contributed by atoms with Crippen LogP contribution in [0.5, 0.6) is 23.0 Å². The zero-order valence-electron chi connectivity index (χ0n) is 19.2. The fraction of sp³-hybridized carbons (Fsp3) is 0.200. The lowest BCUT2D eigenvalue weighted by atomic mass is 9.95. The molecule has 2 N–H and O–H groups in total. The number of amides is 1. The first-order valence-electron chi connectivity index (χ1n) is 10.7. The minimum absolute atomic E-state index is 0.00993. The minimum atomic E-state index is -0.608. The van der Waals surface area contributed by atoms with Gasteiger partial charge in [-0.2, -0.15) is 5.10 Å². The molecule has 0 saturated carbocycles. The Morgan fingerprint density at radius 3 is 2.49 bits per heavy atom. The van der Waals surface area contributed by atoms with E-state index in [9.17, 15) is 9.90 Å². The smallest absolute Gasteiger partial charge is 0.273 e. The van der Waals surface area contributed by atoms with Gasteiger partial charge < -0.3 is 28.6 Å². The minimum Gasteiger partial charge on any atom is -0.507 e. The fourth-order valence-corrected chi connectivity index (χ4v) is 4.61. The highest BCUT2D eigenvalue weighted by Crippen LogP contribution is 2.48. The number of phenols is 1. The monoisotopic (exact) mass is 495 g/mol. The van der Waals surface area contributed by atoms with E-state index in [1.165, 1.54) is 27.4 Å². The summed E-state index contributed by atoms with van der Waals surface area (Å²) in [6.07, 6.45) is 1.56. The van der Waals surface area contributed by atoms with Gasteiger partial charge >= 0.3 is 0 Å². The Hall–Kier alpha value is -4.11. The summed E-state index contributed by atoms with van der Waals surface area (Å²) in [6.45, 7) is 0.205. The van der Waals surface area contributed by atoms with E-state index in [-0.39, 0.29) is 18.2 Å². The van der Waals surface area contributed by atoms with Crippen molar-refractivity contribution in [1.82, 2.24) is 15.1 Å². The molecule has 0 bridgehead atoms. The van der Waals surface area contributed by atoms with Gasteiger partial charge in [-0.25, -0.2) is 0 Å². The number of rotatable bonds is 7. The number of nitrogens with zero attached hydrogens (tertiary/aromatic N) is 2. The molecule has 4 aromatic rings. The van der Waals surface area contributed by atoms with Crippen molar-refractivity contribution in [2.75, 3.05) is 21.3 Å². The molecule has 0 aliphatic carbocycles. The van der Waals surface area contributed by atoms with Crippen molar-refractivity contribution in [3.05, 3.63) is 76.3 Å². The number of H-pyrrole nitrogens is 1. The molecule has 0 spiro atoms. The predicted octanol–water partition coefficient (Wildman–Crippen LogP) is 4.80. The summed E-state index contributed by atoms with van der Waals surface area (Å²) in [5.41, 5.74) is 2.41. The third kappa shape index (κ3) is 3.74. The summed E-state index contributed by atoms with van der Waals surface area (Å²) in [4.78, 5) is 15.2. The van der Waals surface area contributed by atoms with Crippen molar-refractivity contribution in [3.63, 3.8) is 0 Å². The van der Waals surface area contributed by atoms with Gasteiger partial charge in [0.25, 0.3) is 5.91 Å². The van der Waals surface area contributed by atoms with E-state index in [0.29, 0.717) is 56.1 Å². The van der Waals surface area contributed by atoms with E-state index >= 15 is 0 Å². The third-order valence-corrected chi connectivity index (χ3v) is 6.22. The van der Waals surface area contributed by atoms with Crippen molar-refractivity contribution in [2.24, 2.45) is 0 Å². The van der Waals surface area contributed by atoms with Gasteiger partial charge in [-0.15, -0.1) is 0 Å². The van der Waals surface area contributed by atoms with Gasteiger partial charge in [0.05, 0.1) is 40.2 Å². The number of ether oxygens (including phenoxy) is 3. The van der Waals surface area contributed by atoms with Crippen molar-refractivity contribution < 1.29 is 28.5 Å². The van der Waals surface area contributed by atoms with Crippen LogP contribution < -0.4 is 14.2 Å². The van der Waals surface area contributed by atoms with Crippen LogP contribution in [0.4, 0.5) is 0 Å². The van der Waals surface area contributed by atoms with Crippen LogP contribution in [0.2, 0.25) is 5.02 Å². The van der Waals surface area contributed by atoms with Crippen LogP contribution in [0.15, 0.2) is 53.1 Å². The van der Waals surface area contributed by atoms with Gasteiger partial charge in [-0.3, -0.25) is 9.89 Å². The fourth-order valence-electron chi connectivity index (χ4n) is 4.44. The maximum Gasteiger partial charge on any atom is 0.273 e. The van der Waals surface area contributed by atoms with Gasteiger partial charge in [0, 0.05) is 16.1 Å². The Kier molecular flexibility index (Phi) is 5.78. The number of halogens is 1. The second-order valence-electron chi connectivity index (χ2n) is 7.90. The first-order valence-corrected chi connectivity index (χ1v) is 11.0. The molecule has 1 aliphatic rings. The number of hydrogen-bond acceptors (Lipinski definition) is 7. The van der Waals surface area contributed by atoms with Crippen LogP contribution in [0.25, 0.3) is 11.3 Å². The molecule has 0 fully saturated rings. The van der Waals surface area contributed by atoms with Crippen LogP contribution in [-0.4, -0.2) is 47.4 Å². The number of methoxy groups -OCH3 is 3. The molecule has 9 nitrogen and oxygen atoms in total. The number of benzene rings is 2. The molecule has 1 atom stereocenters. The van der Waals surface area contributed by atoms with Crippen molar-refractivity contribution in [3.8, 4) is 34.3 Å². The number of aromatic hydroxyl groups is 1. The largest absolute Gasteiger partial charge is 0.507 e. The van der Waals surface area contributed by atoms with Crippen molar-refractivity contribution in [2.45, 2.75) is 12.6 Å². The highest BCUT2D eigenvalue weighted by Gasteiger charge is 2.43. The van der Waals surface area contributed by atoms with Gasteiger partial charge in [0.2, 0.25) is 5.75 Å². The van der Waals surface area contributed by atoms with Crippen LogP contribution in [0, 0.1) is 0 Å². The Morgan fingerprint density at radius 2 is 1.86 bits per heavy atom. The number of carbonyl (C=O) groups excluding carboxylic acids is 1. The Morgan fingerprint density at radius 1 is 1.11 bits per heavy atom. The number of aromatic nitrogens is 2. The lowest BCUT2D eigenvalue weighted by molar-refractivity contribution is 0.0716. The van der Waals surface area contributed by atoms with Crippen LogP contribution >= 0.6 is 11.6 Å². The summed E-state index contributed by atoms with van der Waals surface area (Å²) in [6, 6.07) is 11.2. The van der Waals surface area contributed by atoms with Gasteiger partial charge in [0.15, 0.2) is 11.5 Å². The Bertz CT molecular complexity index is 1370. The molecule has 2 aromatic heterocycles. The second-order valence-corrected chi connectivity index (χ2v) is 8.33. The molecule has 1 amide bonds. The number of hydrogen-bond donors (Lipinski definition) is 2. The zero-order chi connectivity index (χ0) is 24.7. The van der Waals surface area contributed by atoms with Crippen molar-refractivity contribution >= 4 is 17.5 Å². The molecule has 5 rings (SSSR count). The van der Waals surface area contributed by atoms with Crippen LogP contribution in [-0.2, 0) is 6.54 Å². The van der Waals surface area contributed by atoms with E-state index < -0.39 is 6.04 Å². The highest BCUT2D eigenvalue weighted by molar-refractivity contribution is 6.31. The molecule has 10 heteroatoms. The molecule has 0 radical (unpaired) electrons. The van der Waals surface area contributed by atoms with Crippen LogP contribution in [0.3, 0.4) is 0 Å². The number of nitrogens with one attached hydrogen (secondary N) is 1. The topological polar surface area (TPSA) is 110 Å². The summed E-state index contributed by atoms with van der Waals surface area (Å²) >= 11 is 6.22. The SMILES string of the molecule is COc1cc(C2c3c(-c4cc(Cl)ccc4O)n[nH]c3C(=O)N2Cc2ccco2)cc(OC)c1OC. The molecule has 1 aliphatic heterocycles. The van der Waals surface area contributed by atoms with E-state index in [1.807, 2.05) is 0 Å². The maximum absolute atomic E-state index is 13.6. The van der Waals surface area contributed by atoms with Gasteiger partial charge in [-0.1, -0.05) is 11.6 Å². The number of phenolic OH excluding ortho intramolecular Hbond substituents is 1. The summed E-state index contributed by atoms with van der Waals surface area (Å²) in [5.74, 6) is 1.65. The predicted molar refractivity (Wildman–Crippen MR) is 127 cm³/mol. The van der Waals surface area contributed by atoms with Crippen molar-refractivity contribution in [1.29, 1.82) is 0 Å². The standard InChI is InChI=1S/C25H22ClN3O6/c1-32-18-9-13(10-19(33-2)24(18)34-3)23-20-21(16-11-14(26)6-7-17(16)30)27-28-22(20)25(31)29(23)12-15-5-4-8-35-15/h4-11,23,30H,12H2,1-3H3,(H,27,28). The average Bonchev–Trinajstić information content (AvgIpc) is 3.59. The molecule has 180 valence electrons. The van der Waals surface area contributed by atoms with E-state index in [4.69, 9.17) is 30.2 Å². The molecule has 35 heavy (non-hydrogen) atoms. The summed E-state index contributed by atoms with van der Waals surface area (Å²) in [7, 11) is 4.58. The number of aromatic amines is 1. The molecule has 1 unspecified atom stereocenters. The molecular weight excluding hydrogens is 474 g/mol. The van der Waals surface area contributed by atoms with Gasteiger partial charge in [-0.05, 0) is 48.0 Å². The quantitative estimate of drug-likeness (QED) is 0.379. The summed E-state index contributed by atoms with van der Waals surface area (Å²) < 4.78 is 22.1. The first kappa shape index (κ1) is 22.7. The van der Waals surface area contributed by atoms with E-state index in [2.05, 4.69) is 10.2 Å². The Balaban J connectivity index is 1.74. The first-order chi connectivity index (χ1) is 17.0. The number of fused-ring (bicyclic) bond motifs is 1. The lowest BCUT2D eigenvalue weighted by Crippen LogP contribution is -2.29. The van der Waals surface area contributed by atoms with Gasteiger partial charge in [0.1, 0.15) is 22.9 Å². The molecule has 3 heterocycles. The maximum atomic E-state index is 13.6. The van der Waals surface area contributed by atoms with Crippen LogP contribution in [0.1, 0.15) is 33.4 Å². The molecular formula is C25H22ClN3O6. The lowest BCUT2D eigenvalue weighted by Gasteiger charge is -2.27. The van der Waals surface area contributed by atoms with E-state index in [0.717, 1.165) is 0 Å². The average molecular weight is 496 g/mol. The highest BCUT2D eigenvalue weighted by atomic mass is 35.5. The number of carbonyl (C=O) groups is 1. The normalized spacial score (nSPS) is 14.8. The summed E-state index contributed by atoms with van der Waals surface area (Å²) in [5, 5.41) is 18.3. The van der Waals surface area contributed by atoms with E-state index in [1.54, 1.807) is 47.6 Å².